The van der Waals surface area contributed by atoms with Crippen LogP contribution in [0.15, 0.2) is 11.6 Å². The van der Waals surface area contributed by atoms with E-state index in [1.807, 2.05) is 6.92 Å². The fourth-order valence-corrected chi connectivity index (χ4v) is 3.19. The van der Waals surface area contributed by atoms with Crippen LogP contribution >= 0.6 is 0 Å². The van der Waals surface area contributed by atoms with E-state index in [-0.39, 0.29) is 5.41 Å². The molecule has 0 aromatic heterocycles. The summed E-state index contributed by atoms with van der Waals surface area (Å²) in [5, 5.41) is 0. The Labute approximate surface area is 80.2 Å². The second-order valence-corrected chi connectivity index (χ2v) is 5.16. The largest absolute Gasteiger partial charge is 0.294 e. The first kappa shape index (κ1) is 8.98. The Hall–Kier alpha value is -0.590. The maximum atomic E-state index is 11.8. The number of Topliss-reactive ketones (excluding diaryl/α,β-unsaturated/α-hetero) is 1. The van der Waals surface area contributed by atoms with Crippen LogP contribution in [-0.2, 0) is 4.79 Å². The molecule has 0 spiro atoms. The summed E-state index contributed by atoms with van der Waals surface area (Å²) in [5.41, 5.74) is 1.24. The highest BCUT2D eigenvalue weighted by molar-refractivity contribution is 5.98. The van der Waals surface area contributed by atoms with Gasteiger partial charge in [-0.25, -0.2) is 0 Å². The molecule has 1 nitrogen and oxygen atoms in total. The summed E-state index contributed by atoms with van der Waals surface area (Å²) in [6.45, 7) is 6.51. The van der Waals surface area contributed by atoms with Gasteiger partial charge in [-0.05, 0) is 36.7 Å². The van der Waals surface area contributed by atoms with Gasteiger partial charge in [-0.2, -0.15) is 0 Å². The topological polar surface area (TPSA) is 17.1 Å². The highest BCUT2D eigenvalue weighted by atomic mass is 16.1. The quantitative estimate of drug-likeness (QED) is 0.557. The van der Waals surface area contributed by atoms with Crippen molar-refractivity contribution in [1.82, 2.24) is 0 Å². The van der Waals surface area contributed by atoms with Crippen molar-refractivity contribution in [1.29, 1.82) is 0 Å². The van der Waals surface area contributed by atoms with Crippen LogP contribution in [0.3, 0.4) is 0 Å². The van der Waals surface area contributed by atoms with Gasteiger partial charge in [-0.15, -0.1) is 0 Å². The third-order valence-electron chi connectivity index (χ3n) is 3.79. The molecule has 2 unspecified atom stereocenters. The van der Waals surface area contributed by atoms with Gasteiger partial charge in [-0.3, -0.25) is 4.79 Å². The molecule has 0 saturated heterocycles. The maximum absolute atomic E-state index is 11.8. The monoisotopic (exact) mass is 178 g/mol. The second kappa shape index (κ2) is 2.70. The van der Waals surface area contributed by atoms with E-state index in [4.69, 9.17) is 0 Å². The number of rotatable bonds is 0. The van der Waals surface area contributed by atoms with Gasteiger partial charge >= 0.3 is 0 Å². The lowest BCUT2D eigenvalue weighted by Crippen LogP contribution is -2.35. The van der Waals surface area contributed by atoms with Crippen molar-refractivity contribution in [2.24, 2.45) is 17.3 Å². The van der Waals surface area contributed by atoms with Crippen molar-refractivity contribution in [3.8, 4) is 0 Å². The molecule has 0 amide bonds. The SMILES string of the molecule is CC1=CC(C)(C)C2CCCC2C1=O. The van der Waals surface area contributed by atoms with Crippen molar-refractivity contribution in [2.45, 2.75) is 40.0 Å². The molecular formula is C12H18O. The summed E-state index contributed by atoms with van der Waals surface area (Å²) < 4.78 is 0. The molecule has 0 aromatic carbocycles. The van der Waals surface area contributed by atoms with Gasteiger partial charge in [0.25, 0.3) is 0 Å². The molecule has 1 saturated carbocycles. The zero-order valence-electron chi connectivity index (χ0n) is 8.76. The van der Waals surface area contributed by atoms with E-state index in [1.54, 1.807) is 0 Å². The van der Waals surface area contributed by atoms with E-state index in [0.717, 1.165) is 12.0 Å². The molecule has 2 atom stereocenters. The number of carbonyl (C=O) groups is 1. The van der Waals surface area contributed by atoms with Crippen molar-refractivity contribution in [3.63, 3.8) is 0 Å². The molecule has 2 aliphatic carbocycles. The highest BCUT2D eigenvalue weighted by Crippen LogP contribution is 2.49. The third kappa shape index (κ3) is 1.25. The lowest BCUT2D eigenvalue weighted by atomic mass is 9.66. The Morgan fingerprint density at radius 3 is 2.77 bits per heavy atom. The number of hydrogen-bond acceptors (Lipinski definition) is 1. The molecule has 0 bridgehead atoms. The van der Waals surface area contributed by atoms with E-state index < -0.39 is 0 Å². The van der Waals surface area contributed by atoms with Crippen LogP contribution in [0.25, 0.3) is 0 Å². The minimum absolute atomic E-state index is 0.249. The number of hydrogen-bond donors (Lipinski definition) is 0. The third-order valence-corrected chi connectivity index (χ3v) is 3.79. The molecule has 1 heteroatoms. The Kier molecular flexibility index (Phi) is 1.86. The number of ketones is 1. The van der Waals surface area contributed by atoms with Gasteiger partial charge in [0.1, 0.15) is 0 Å². The Morgan fingerprint density at radius 1 is 1.38 bits per heavy atom. The van der Waals surface area contributed by atoms with Gasteiger partial charge < -0.3 is 0 Å². The fourth-order valence-electron chi connectivity index (χ4n) is 3.19. The molecular weight excluding hydrogens is 160 g/mol. The standard InChI is InChI=1S/C12H18O/c1-8-7-12(2,3)10-6-4-5-9(10)11(8)13/h7,9-10H,4-6H2,1-3H3. The van der Waals surface area contributed by atoms with E-state index >= 15 is 0 Å². The summed E-state index contributed by atoms with van der Waals surface area (Å²) in [6.07, 6.45) is 5.79. The Morgan fingerprint density at radius 2 is 2.08 bits per heavy atom. The molecule has 13 heavy (non-hydrogen) atoms. The van der Waals surface area contributed by atoms with Crippen LogP contribution < -0.4 is 0 Å². The van der Waals surface area contributed by atoms with E-state index in [1.165, 1.54) is 12.8 Å². The first-order chi connectivity index (χ1) is 6.02. The number of fused-ring (bicyclic) bond motifs is 1. The van der Waals surface area contributed by atoms with Crippen LogP contribution in [0.4, 0.5) is 0 Å². The molecule has 2 rings (SSSR count). The lowest BCUT2D eigenvalue weighted by molar-refractivity contribution is -0.122. The molecule has 0 radical (unpaired) electrons. The number of allylic oxidation sites excluding steroid dienone is 2. The molecule has 1 fully saturated rings. The van der Waals surface area contributed by atoms with E-state index in [9.17, 15) is 4.79 Å². The summed E-state index contributed by atoms with van der Waals surface area (Å²) in [7, 11) is 0. The highest BCUT2D eigenvalue weighted by Gasteiger charge is 2.44. The zero-order chi connectivity index (χ0) is 9.64. The summed E-state index contributed by atoms with van der Waals surface area (Å²) in [6, 6.07) is 0. The lowest BCUT2D eigenvalue weighted by Gasteiger charge is -2.37. The van der Waals surface area contributed by atoms with Gasteiger partial charge in [0.05, 0.1) is 0 Å². The average Bonchev–Trinajstić information content (AvgIpc) is 2.48. The first-order valence-corrected chi connectivity index (χ1v) is 5.26. The van der Waals surface area contributed by atoms with Crippen LogP contribution in [0, 0.1) is 17.3 Å². The summed E-state index contributed by atoms with van der Waals surface area (Å²) in [4.78, 5) is 11.8. The van der Waals surface area contributed by atoms with Crippen molar-refractivity contribution in [3.05, 3.63) is 11.6 Å². The molecule has 2 aliphatic rings. The second-order valence-electron chi connectivity index (χ2n) is 5.16. The summed E-state index contributed by atoms with van der Waals surface area (Å²) in [5.74, 6) is 1.38. The fraction of sp³-hybridized carbons (Fsp3) is 0.750. The number of carbonyl (C=O) groups excluding carboxylic acids is 1. The van der Waals surface area contributed by atoms with Gasteiger partial charge in [0, 0.05) is 5.92 Å². The minimum Gasteiger partial charge on any atom is -0.294 e. The Balaban J connectivity index is 2.40. The van der Waals surface area contributed by atoms with E-state index in [0.29, 0.717) is 17.6 Å². The van der Waals surface area contributed by atoms with Gasteiger partial charge in [-0.1, -0.05) is 26.3 Å². The van der Waals surface area contributed by atoms with Crippen molar-refractivity contribution < 1.29 is 4.79 Å². The van der Waals surface area contributed by atoms with Crippen LogP contribution in [-0.4, -0.2) is 5.78 Å². The molecule has 0 heterocycles. The van der Waals surface area contributed by atoms with Gasteiger partial charge in [0.2, 0.25) is 0 Å². The molecule has 0 aromatic rings. The van der Waals surface area contributed by atoms with E-state index in [2.05, 4.69) is 19.9 Å². The van der Waals surface area contributed by atoms with Crippen LogP contribution in [0.5, 0.6) is 0 Å². The smallest absolute Gasteiger partial charge is 0.161 e. The normalized spacial score (nSPS) is 37.2. The maximum Gasteiger partial charge on any atom is 0.161 e. The van der Waals surface area contributed by atoms with Crippen LogP contribution in [0.2, 0.25) is 0 Å². The zero-order valence-corrected chi connectivity index (χ0v) is 8.76. The summed E-state index contributed by atoms with van der Waals surface area (Å²) >= 11 is 0. The first-order valence-electron chi connectivity index (χ1n) is 5.26. The van der Waals surface area contributed by atoms with Crippen LogP contribution in [0.1, 0.15) is 40.0 Å². The van der Waals surface area contributed by atoms with Crippen molar-refractivity contribution >= 4 is 5.78 Å². The van der Waals surface area contributed by atoms with Gasteiger partial charge in [0.15, 0.2) is 5.78 Å². The predicted octanol–water partition coefficient (Wildman–Crippen LogP) is 2.96. The molecule has 0 N–H and O–H groups in total. The molecule has 72 valence electrons. The average molecular weight is 178 g/mol. The Bertz CT molecular complexity index is 273. The predicted molar refractivity (Wildman–Crippen MR) is 53.4 cm³/mol. The molecule has 0 aliphatic heterocycles. The minimum atomic E-state index is 0.249. The van der Waals surface area contributed by atoms with Crippen molar-refractivity contribution in [2.75, 3.05) is 0 Å².